The van der Waals surface area contributed by atoms with Gasteiger partial charge in [0.1, 0.15) is 18.1 Å². The highest BCUT2D eigenvalue weighted by Crippen LogP contribution is 2.20. The van der Waals surface area contributed by atoms with Gasteiger partial charge in [-0.05, 0) is 18.4 Å². The normalized spacial score (nSPS) is 10.3. The Hall–Kier alpha value is -1.82. The minimum Gasteiger partial charge on any atom is -0.481 e. The van der Waals surface area contributed by atoms with Crippen LogP contribution in [-0.4, -0.2) is 26.0 Å². The topological polar surface area (TPSA) is 76.0 Å². The number of hydrogen-bond donors (Lipinski definition) is 1. The van der Waals surface area contributed by atoms with Gasteiger partial charge in [0.15, 0.2) is 5.82 Å². The SMILES string of the molecule is Cc1nc(CC(=O)O)nc(-c2cccs2)n1. The first-order chi connectivity index (χ1) is 7.65. The van der Waals surface area contributed by atoms with Gasteiger partial charge >= 0.3 is 5.97 Å². The van der Waals surface area contributed by atoms with Crippen LogP contribution in [0, 0.1) is 6.92 Å². The first-order valence-corrected chi connectivity index (χ1v) is 5.50. The number of carboxylic acid groups (broad SMARTS) is 1. The summed E-state index contributed by atoms with van der Waals surface area (Å²) in [6.45, 7) is 1.73. The van der Waals surface area contributed by atoms with E-state index in [9.17, 15) is 4.79 Å². The summed E-state index contributed by atoms with van der Waals surface area (Å²) >= 11 is 1.51. The second kappa shape index (κ2) is 4.36. The molecule has 2 heterocycles. The third kappa shape index (κ3) is 2.40. The van der Waals surface area contributed by atoms with Crippen molar-refractivity contribution in [1.29, 1.82) is 0 Å². The van der Waals surface area contributed by atoms with E-state index in [0.717, 1.165) is 4.88 Å². The highest BCUT2D eigenvalue weighted by atomic mass is 32.1. The van der Waals surface area contributed by atoms with Crippen molar-refractivity contribution in [1.82, 2.24) is 15.0 Å². The van der Waals surface area contributed by atoms with Gasteiger partial charge in [0.2, 0.25) is 0 Å². The van der Waals surface area contributed by atoms with Gasteiger partial charge in [0, 0.05) is 0 Å². The molecule has 2 rings (SSSR count). The Kier molecular flexibility index (Phi) is 2.91. The van der Waals surface area contributed by atoms with Crippen LogP contribution in [0.5, 0.6) is 0 Å². The Bertz CT molecular complexity index is 511. The Labute approximate surface area is 95.8 Å². The fraction of sp³-hybridized carbons (Fsp3) is 0.200. The first kappa shape index (κ1) is 10.7. The average Bonchev–Trinajstić information content (AvgIpc) is 2.67. The third-order valence-corrected chi connectivity index (χ3v) is 2.71. The molecule has 0 aliphatic rings. The summed E-state index contributed by atoms with van der Waals surface area (Å²) in [6, 6.07) is 3.79. The molecule has 0 spiro atoms. The number of aromatic nitrogens is 3. The largest absolute Gasteiger partial charge is 0.481 e. The van der Waals surface area contributed by atoms with Crippen molar-refractivity contribution in [3.05, 3.63) is 29.2 Å². The van der Waals surface area contributed by atoms with Crippen LogP contribution < -0.4 is 0 Å². The van der Waals surface area contributed by atoms with Crippen LogP contribution in [0.3, 0.4) is 0 Å². The molecule has 5 nitrogen and oxygen atoms in total. The molecule has 1 N–H and O–H groups in total. The smallest absolute Gasteiger partial charge is 0.311 e. The molecule has 0 aliphatic heterocycles. The minimum atomic E-state index is -0.942. The number of thiophene rings is 1. The molecular formula is C10H9N3O2S. The van der Waals surface area contributed by atoms with Gasteiger partial charge in [0.25, 0.3) is 0 Å². The summed E-state index contributed by atoms with van der Waals surface area (Å²) in [7, 11) is 0. The van der Waals surface area contributed by atoms with Gasteiger partial charge in [-0.2, -0.15) is 0 Å². The van der Waals surface area contributed by atoms with Crippen LogP contribution in [0.4, 0.5) is 0 Å². The Morgan fingerprint density at radius 1 is 1.44 bits per heavy atom. The van der Waals surface area contributed by atoms with Crippen LogP contribution in [0.15, 0.2) is 17.5 Å². The summed E-state index contributed by atoms with van der Waals surface area (Å²) in [5, 5.41) is 10.6. The maximum atomic E-state index is 10.6. The minimum absolute atomic E-state index is 0.179. The van der Waals surface area contributed by atoms with Gasteiger partial charge in [-0.1, -0.05) is 6.07 Å². The Balaban J connectivity index is 2.40. The lowest BCUT2D eigenvalue weighted by molar-refractivity contribution is -0.136. The first-order valence-electron chi connectivity index (χ1n) is 4.62. The standard InChI is InChI=1S/C10H9N3O2S/c1-6-11-8(5-9(14)15)13-10(12-6)7-3-2-4-16-7/h2-4H,5H2,1H3,(H,14,15). The van der Waals surface area contributed by atoms with Crippen LogP contribution in [0.1, 0.15) is 11.6 Å². The molecule has 82 valence electrons. The molecule has 0 amide bonds. The van der Waals surface area contributed by atoms with Crippen molar-refractivity contribution in [3.63, 3.8) is 0 Å². The molecule has 6 heteroatoms. The van der Waals surface area contributed by atoms with E-state index in [4.69, 9.17) is 5.11 Å². The summed E-state index contributed by atoms with van der Waals surface area (Å²) < 4.78 is 0. The number of aryl methyl sites for hydroxylation is 1. The fourth-order valence-electron chi connectivity index (χ4n) is 1.27. The predicted molar refractivity (Wildman–Crippen MR) is 59.2 cm³/mol. The van der Waals surface area contributed by atoms with Gasteiger partial charge in [-0.25, -0.2) is 15.0 Å². The van der Waals surface area contributed by atoms with E-state index >= 15 is 0 Å². The second-order valence-corrected chi connectivity index (χ2v) is 4.12. The number of carboxylic acids is 1. The molecule has 0 unspecified atom stereocenters. The number of aliphatic carboxylic acids is 1. The zero-order chi connectivity index (χ0) is 11.5. The molecule has 0 bridgehead atoms. The van der Waals surface area contributed by atoms with Crippen molar-refractivity contribution < 1.29 is 9.90 Å². The van der Waals surface area contributed by atoms with E-state index in [1.165, 1.54) is 11.3 Å². The molecular weight excluding hydrogens is 226 g/mol. The van der Waals surface area contributed by atoms with Crippen molar-refractivity contribution >= 4 is 17.3 Å². The van der Waals surface area contributed by atoms with E-state index in [0.29, 0.717) is 17.5 Å². The third-order valence-electron chi connectivity index (χ3n) is 1.84. The van der Waals surface area contributed by atoms with Gasteiger partial charge < -0.3 is 5.11 Å². The lowest BCUT2D eigenvalue weighted by Crippen LogP contribution is -2.08. The Morgan fingerprint density at radius 2 is 2.25 bits per heavy atom. The molecule has 0 atom stereocenters. The summed E-state index contributed by atoms with van der Waals surface area (Å²) in [5.74, 6) is 0.430. The van der Waals surface area contributed by atoms with Gasteiger partial charge in [-0.15, -0.1) is 11.3 Å². The molecule has 0 radical (unpaired) electrons. The van der Waals surface area contributed by atoms with Crippen LogP contribution >= 0.6 is 11.3 Å². The number of rotatable bonds is 3. The van der Waals surface area contributed by atoms with Crippen molar-refractivity contribution in [2.45, 2.75) is 13.3 Å². The number of hydrogen-bond acceptors (Lipinski definition) is 5. The summed E-state index contributed by atoms with van der Waals surface area (Å²) in [4.78, 5) is 23.8. The highest BCUT2D eigenvalue weighted by Gasteiger charge is 2.09. The predicted octanol–water partition coefficient (Wildman–Crippen LogP) is 1.54. The van der Waals surface area contributed by atoms with E-state index in [2.05, 4.69) is 15.0 Å². The zero-order valence-corrected chi connectivity index (χ0v) is 9.36. The molecule has 0 saturated heterocycles. The van der Waals surface area contributed by atoms with Crippen molar-refractivity contribution in [3.8, 4) is 10.7 Å². The highest BCUT2D eigenvalue weighted by molar-refractivity contribution is 7.13. The maximum Gasteiger partial charge on any atom is 0.311 e. The van der Waals surface area contributed by atoms with Crippen molar-refractivity contribution in [2.24, 2.45) is 0 Å². The van der Waals surface area contributed by atoms with Gasteiger partial charge in [0.05, 0.1) is 4.88 Å². The van der Waals surface area contributed by atoms with Crippen LogP contribution in [0.2, 0.25) is 0 Å². The quantitative estimate of drug-likeness (QED) is 0.873. The lowest BCUT2D eigenvalue weighted by Gasteiger charge is -2.01. The average molecular weight is 235 g/mol. The van der Waals surface area contributed by atoms with Crippen molar-refractivity contribution in [2.75, 3.05) is 0 Å². The molecule has 0 aliphatic carbocycles. The summed E-state index contributed by atoms with van der Waals surface area (Å²) in [6.07, 6.45) is -0.179. The van der Waals surface area contributed by atoms with Crippen LogP contribution in [0.25, 0.3) is 10.7 Å². The lowest BCUT2D eigenvalue weighted by atomic mass is 10.4. The molecule has 2 aromatic heterocycles. The number of carbonyl (C=O) groups is 1. The fourth-order valence-corrected chi connectivity index (χ4v) is 1.93. The molecule has 16 heavy (non-hydrogen) atoms. The van der Waals surface area contributed by atoms with E-state index < -0.39 is 5.97 Å². The zero-order valence-electron chi connectivity index (χ0n) is 8.54. The molecule has 0 saturated carbocycles. The number of nitrogens with zero attached hydrogens (tertiary/aromatic N) is 3. The summed E-state index contributed by atoms with van der Waals surface area (Å²) in [5.41, 5.74) is 0. The van der Waals surface area contributed by atoms with Crippen LogP contribution in [-0.2, 0) is 11.2 Å². The van der Waals surface area contributed by atoms with E-state index in [1.54, 1.807) is 6.92 Å². The van der Waals surface area contributed by atoms with E-state index in [1.807, 2.05) is 17.5 Å². The Morgan fingerprint density at radius 3 is 2.88 bits per heavy atom. The van der Waals surface area contributed by atoms with E-state index in [-0.39, 0.29) is 6.42 Å². The monoisotopic (exact) mass is 235 g/mol. The van der Waals surface area contributed by atoms with Gasteiger partial charge in [-0.3, -0.25) is 4.79 Å². The molecule has 0 fully saturated rings. The second-order valence-electron chi connectivity index (χ2n) is 3.17. The molecule has 2 aromatic rings. The molecule has 0 aromatic carbocycles. The maximum absolute atomic E-state index is 10.6.